The highest BCUT2D eigenvalue weighted by atomic mass is 19.1. The summed E-state index contributed by atoms with van der Waals surface area (Å²) in [5.41, 5.74) is 2.43. The summed E-state index contributed by atoms with van der Waals surface area (Å²) in [7, 11) is 1.61. The minimum absolute atomic E-state index is 0.286. The summed E-state index contributed by atoms with van der Waals surface area (Å²) in [5.74, 6) is 0.465. The van der Waals surface area contributed by atoms with Gasteiger partial charge in [0.15, 0.2) is 0 Å². The van der Waals surface area contributed by atoms with E-state index in [1.54, 1.807) is 20.1 Å². The molecule has 0 radical (unpaired) electrons. The lowest BCUT2D eigenvalue weighted by atomic mass is 9.97. The lowest BCUT2D eigenvalue weighted by Crippen LogP contribution is -2.05. The normalized spacial score (nSPS) is 12.2. The van der Waals surface area contributed by atoms with Crippen LogP contribution < -0.4 is 4.74 Å². The number of aliphatic hydroxyl groups is 1. The lowest BCUT2D eigenvalue weighted by molar-refractivity contribution is 0.176. The first kappa shape index (κ1) is 13.6. The van der Waals surface area contributed by atoms with Crippen molar-refractivity contribution in [1.82, 2.24) is 0 Å². The summed E-state index contributed by atoms with van der Waals surface area (Å²) in [4.78, 5) is 0. The van der Waals surface area contributed by atoms with Crippen LogP contribution in [0, 0.1) is 12.7 Å². The van der Waals surface area contributed by atoms with Gasteiger partial charge in [-0.15, -0.1) is 0 Å². The van der Waals surface area contributed by atoms with E-state index < -0.39 is 6.10 Å². The molecule has 0 aliphatic carbocycles. The van der Waals surface area contributed by atoms with Crippen LogP contribution in [0.4, 0.5) is 4.39 Å². The highest BCUT2D eigenvalue weighted by Crippen LogP contribution is 2.26. The van der Waals surface area contributed by atoms with Crippen molar-refractivity contribution in [2.45, 2.75) is 19.4 Å². The standard InChI is InChI=1S/C16H17FO2/c1-11-9-13(17)7-8-14(11)15(18)10-12-5-3-4-6-16(12)19-2/h3-9,15,18H,10H2,1-2H3. The quantitative estimate of drug-likeness (QED) is 0.912. The third-order valence-corrected chi connectivity index (χ3v) is 3.20. The van der Waals surface area contributed by atoms with E-state index in [0.717, 1.165) is 22.4 Å². The van der Waals surface area contributed by atoms with Crippen molar-refractivity contribution in [3.63, 3.8) is 0 Å². The van der Waals surface area contributed by atoms with Crippen LogP contribution in [-0.2, 0) is 6.42 Å². The highest BCUT2D eigenvalue weighted by Gasteiger charge is 2.14. The van der Waals surface area contributed by atoms with Gasteiger partial charge >= 0.3 is 0 Å². The minimum atomic E-state index is -0.670. The van der Waals surface area contributed by atoms with Crippen LogP contribution in [0.3, 0.4) is 0 Å². The number of para-hydroxylation sites is 1. The molecule has 100 valence electrons. The zero-order chi connectivity index (χ0) is 13.8. The molecule has 0 spiro atoms. The predicted molar refractivity (Wildman–Crippen MR) is 72.8 cm³/mol. The zero-order valence-electron chi connectivity index (χ0n) is 11.1. The summed E-state index contributed by atoms with van der Waals surface area (Å²) >= 11 is 0. The van der Waals surface area contributed by atoms with Crippen molar-refractivity contribution in [2.75, 3.05) is 7.11 Å². The number of hydrogen-bond acceptors (Lipinski definition) is 2. The Labute approximate surface area is 112 Å². The molecule has 0 amide bonds. The first-order chi connectivity index (χ1) is 9.11. The molecule has 1 atom stereocenters. The van der Waals surface area contributed by atoms with Gasteiger partial charge in [0, 0.05) is 6.42 Å². The van der Waals surface area contributed by atoms with Gasteiger partial charge < -0.3 is 9.84 Å². The molecule has 2 aromatic carbocycles. The van der Waals surface area contributed by atoms with Crippen molar-refractivity contribution in [3.05, 3.63) is 65.0 Å². The van der Waals surface area contributed by atoms with Gasteiger partial charge in [0.25, 0.3) is 0 Å². The molecule has 2 rings (SSSR count). The fourth-order valence-electron chi connectivity index (χ4n) is 2.20. The Kier molecular flexibility index (Phi) is 4.17. The maximum Gasteiger partial charge on any atom is 0.123 e. The van der Waals surface area contributed by atoms with Gasteiger partial charge in [-0.3, -0.25) is 0 Å². The number of aliphatic hydroxyl groups excluding tert-OH is 1. The van der Waals surface area contributed by atoms with Gasteiger partial charge in [0.05, 0.1) is 13.2 Å². The number of halogens is 1. The SMILES string of the molecule is COc1ccccc1CC(O)c1ccc(F)cc1C. The van der Waals surface area contributed by atoms with E-state index in [1.807, 2.05) is 24.3 Å². The van der Waals surface area contributed by atoms with E-state index in [2.05, 4.69) is 0 Å². The van der Waals surface area contributed by atoms with Crippen molar-refractivity contribution < 1.29 is 14.2 Å². The summed E-state index contributed by atoms with van der Waals surface area (Å²) in [6.07, 6.45) is -0.229. The second-order valence-electron chi connectivity index (χ2n) is 4.53. The average Bonchev–Trinajstić information content (AvgIpc) is 2.39. The molecule has 0 aliphatic rings. The summed E-state index contributed by atoms with van der Waals surface area (Å²) in [6.45, 7) is 1.80. The maximum absolute atomic E-state index is 13.1. The molecule has 1 N–H and O–H groups in total. The summed E-state index contributed by atoms with van der Waals surface area (Å²) in [5, 5.41) is 10.3. The Balaban J connectivity index is 2.23. The molecule has 0 saturated heterocycles. The highest BCUT2D eigenvalue weighted by molar-refractivity contribution is 5.36. The molecule has 3 heteroatoms. The summed E-state index contributed by atoms with van der Waals surface area (Å²) < 4.78 is 18.3. The van der Waals surface area contributed by atoms with Crippen molar-refractivity contribution >= 4 is 0 Å². The lowest BCUT2D eigenvalue weighted by Gasteiger charge is -2.15. The van der Waals surface area contributed by atoms with Crippen LogP contribution in [0.25, 0.3) is 0 Å². The molecule has 0 fully saturated rings. The van der Waals surface area contributed by atoms with Crippen LogP contribution >= 0.6 is 0 Å². The number of aryl methyl sites for hydroxylation is 1. The van der Waals surface area contributed by atoms with Crippen LogP contribution in [0.1, 0.15) is 22.8 Å². The second kappa shape index (κ2) is 5.85. The molecule has 1 unspecified atom stereocenters. The van der Waals surface area contributed by atoms with Gasteiger partial charge in [-0.25, -0.2) is 4.39 Å². The molecule has 2 nitrogen and oxygen atoms in total. The molecule has 19 heavy (non-hydrogen) atoms. The number of ether oxygens (including phenoxy) is 1. The van der Waals surface area contributed by atoms with Crippen LogP contribution in [-0.4, -0.2) is 12.2 Å². The van der Waals surface area contributed by atoms with Crippen molar-refractivity contribution in [3.8, 4) is 5.75 Å². The molecule has 0 bridgehead atoms. The third-order valence-electron chi connectivity index (χ3n) is 3.20. The molecule has 0 aromatic heterocycles. The fourth-order valence-corrected chi connectivity index (χ4v) is 2.20. The molecular weight excluding hydrogens is 243 g/mol. The molecular formula is C16H17FO2. The number of hydrogen-bond donors (Lipinski definition) is 1. The molecule has 2 aromatic rings. The average molecular weight is 260 g/mol. The topological polar surface area (TPSA) is 29.5 Å². The van der Waals surface area contributed by atoms with E-state index >= 15 is 0 Å². The Morgan fingerprint density at radius 1 is 1.21 bits per heavy atom. The first-order valence-corrected chi connectivity index (χ1v) is 6.18. The molecule has 0 aliphatic heterocycles. The third kappa shape index (κ3) is 3.12. The van der Waals surface area contributed by atoms with Gasteiger partial charge in [-0.2, -0.15) is 0 Å². The first-order valence-electron chi connectivity index (χ1n) is 6.18. The Morgan fingerprint density at radius 3 is 2.63 bits per heavy atom. The van der Waals surface area contributed by atoms with Gasteiger partial charge in [0.1, 0.15) is 11.6 Å². The second-order valence-corrected chi connectivity index (χ2v) is 4.53. The Hall–Kier alpha value is -1.87. The van der Waals surface area contributed by atoms with Crippen LogP contribution in [0.15, 0.2) is 42.5 Å². The van der Waals surface area contributed by atoms with Gasteiger partial charge in [-0.05, 0) is 41.8 Å². The Bertz CT molecular complexity index is 566. The number of benzene rings is 2. The van der Waals surface area contributed by atoms with E-state index in [1.165, 1.54) is 12.1 Å². The van der Waals surface area contributed by atoms with E-state index in [9.17, 15) is 9.50 Å². The largest absolute Gasteiger partial charge is 0.496 e. The van der Waals surface area contributed by atoms with Crippen LogP contribution in [0.2, 0.25) is 0 Å². The summed E-state index contributed by atoms with van der Waals surface area (Å²) in [6, 6.07) is 12.0. The van der Waals surface area contributed by atoms with E-state index in [4.69, 9.17) is 4.74 Å². The molecule has 0 heterocycles. The number of methoxy groups -OCH3 is 1. The monoisotopic (exact) mass is 260 g/mol. The fraction of sp³-hybridized carbons (Fsp3) is 0.250. The minimum Gasteiger partial charge on any atom is -0.496 e. The van der Waals surface area contributed by atoms with Crippen molar-refractivity contribution in [2.24, 2.45) is 0 Å². The van der Waals surface area contributed by atoms with Gasteiger partial charge in [0.2, 0.25) is 0 Å². The van der Waals surface area contributed by atoms with Crippen LogP contribution in [0.5, 0.6) is 5.75 Å². The van der Waals surface area contributed by atoms with E-state index in [-0.39, 0.29) is 5.82 Å². The molecule has 0 saturated carbocycles. The predicted octanol–water partition coefficient (Wildman–Crippen LogP) is 3.42. The smallest absolute Gasteiger partial charge is 0.123 e. The van der Waals surface area contributed by atoms with Crippen molar-refractivity contribution in [1.29, 1.82) is 0 Å². The Morgan fingerprint density at radius 2 is 1.95 bits per heavy atom. The zero-order valence-corrected chi connectivity index (χ0v) is 11.1. The van der Waals surface area contributed by atoms with Gasteiger partial charge in [-0.1, -0.05) is 24.3 Å². The van der Waals surface area contributed by atoms with E-state index in [0.29, 0.717) is 6.42 Å². The number of rotatable bonds is 4. The maximum atomic E-state index is 13.1.